The van der Waals surface area contributed by atoms with Crippen molar-refractivity contribution in [3.8, 4) is 0 Å². The first-order valence-corrected chi connectivity index (χ1v) is 7.36. The molecule has 0 bridgehead atoms. The van der Waals surface area contributed by atoms with Crippen LogP contribution >= 0.6 is 15.9 Å². The van der Waals surface area contributed by atoms with E-state index in [-0.39, 0.29) is 0 Å². The van der Waals surface area contributed by atoms with Crippen molar-refractivity contribution in [1.82, 2.24) is 14.3 Å². The van der Waals surface area contributed by atoms with Crippen molar-refractivity contribution in [3.63, 3.8) is 0 Å². The average Bonchev–Trinajstić information content (AvgIpc) is 2.96. The van der Waals surface area contributed by atoms with E-state index >= 15 is 0 Å². The fraction of sp³-hybridized carbons (Fsp3) is 0.267. The van der Waals surface area contributed by atoms with Gasteiger partial charge in [0.15, 0.2) is 0 Å². The van der Waals surface area contributed by atoms with Gasteiger partial charge in [-0.1, -0.05) is 12.1 Å². The van der Waals surface area contributed by atoms with Crippen LogP contribution in [0.3, 0.4) is 0 Å². The first kappa shape index (κ1) is 13.4. The summed E-state index contributed by atoms with van der Waals surface area (Å²) in [5.41, 5.74) is 10.4. The van der Waals surface area contributed by atoms with E-state index in [2.05, 4.69) is 56.1 Å². The zero-order valence-electron chi connectivity index (χ0n) is 11.6. The minimum absolute atomic E-state index is 0.565. The fourth-order valence-electron chi connectivity index (χ4n) is 2.62. The molecule has 0 fully saturated rings. The number of halogens is 1. The van der Waals surface area contributed by atoms with Crippen molar-refractivity contribution in [1.29, 1.82) is 0 Å². The SMILES string of the molecule is Cc1nn(C)c(Cn2ccc3c(CN)cccc32)c1Br. The van der Waals surface area contributed by atoms with Crippen molar-refractivity contribution in [2.24, 2.45) is 12.8 Å². The van der Waals surface area contributed by atoms with Crippen molar-refractivity contribution in [2.75, 3.05) is 0 Å². The number of hydrogen-bond acceptors (Lipinski definition) is 2. The van der Waals surface area contributed by atoms with Crippen LogP contribution in [-0.2, 0) is 20.1 Å². The molecule has 3 rings (SSSR count). The van der Waals surface area contributed by atoms with E-state index in [0.29, 0.717) is 6.54 Å². The lowest BCUT2D eigenvalue weighted by atomic mass is 10.1. The molecule has 20 heavy (non-hydrogen) atoms. The lowest BCUT2D eigenvalue weighted by Gasteiger charge is -2.08. The molecule has 2 N–H and O–H groups in total. The second-order valence-electron chi connectivity index (χ2n) is 4.97. The molecule has 0 aliphatic carbocycles. The lowest BCUT2D eigenvalue weighted by molar-refractivity contribution is 0.671. The zero-order valence-corrected chi connectivity index (χ0v) is 13.2. The van der Waals surface area contributed by atoms with E-state index in [0.717, 1.165) is 22.4 Å². The van der Waals surface area contributed by atoms with Gasteiger partial charge in [-0.2, -0.15) is 5.10 Å². The number of nitrogens with zero attached hydrogens (tertiary/aromatic N) is 3. The summed E-state index contributed by atoms with van der Waals surface area (Å²) in [6.45, 7) is 3.36. The van der Waals surface area contributed by atoms with Crippen LogP contribution in [0.2, 0.25) is 0 Å². The lowest BCUT2D eigenvalue weighted by Crippen LogP contribution is -2.05. The van der Waals surface area contributed by atoms with Gasteiger partial charge in [0.2, 0.25) is 0 Å². The monoisotopic (exact) mass is 332 g/mol. The highest BCUT2D eigenvalue weighted by atomic mass is 79.9. The second kappa shape index (κ2) is 5.07. The summed E-state index contributed by atoms with van der Waals surface area (Å²) in [6, 6.07) is 8.40. The van der Waals surface area contributed by atoms with Crippen molar-refractivity contribution in [2.45, 2.75) is 20.0 Å². The molecule has 0 amide bonds. The summed E-state index contributed by atoms with van der Waals surface area (Å²) >= 11 is 3.62. The first-order chi connectivity index (χ1) is 9.61. The summed E-state index contributed by atoms with van der Waals surface area (Å²) < 4.78 is 5.24. The third kappa shape index (κ3) is 2.07. The molecule has 0 atom stereocenters. The second-order valence-corrected chi connectivity index (χ2v) is 5.76. The van der Waals surface area contributed by atoms with Gasteiger partial charge in [0.1, 0.15) is 0 Å². The Bertz CT molecular complexity index is 770. The summed E-state index contributed by atoms with van der Waals surface area (Å²) in [5, 5.41) is 5.67. The van der Waals surface area contributed by atoms with Gasteiger partial charge in [0, 0.05) is 30.7 Å². The molecule has 0 aliphatic heterocycles. The Kier molecular flexibility index (Phi) is 3.40. The summed E-state index contributed by atoms with van der Waals surface area (Å²) in [4.78, 5) is 0. The Morgan fingerprint density at radius 2 is 2.10 bits per heavy atom. The molecule has 2 aromatic heterocycles. The topological polar surface area (TPSA) is 48.8 Å². The Labute approximate surface area is 126 Å². The number of aromatic nitrogens is 3. The van der Waals surface area contributed by atoms with E-state index < -0.39 is 0 Å². The van der Waals surface area contributed by atoms with Gasteiger partial charge in [-0.05, 0) is 40.5 Å². The fourth-order valence-corrected chi connectivity index (χ4v) is 3.08. The van der Waals surface area contributed by atoms with Crippen LogP contribution in [-0.4, -0.2) is 14.3 Å². The summed E-state index contributed by atoms with van der Waals surface area (Å²) in [6.07, 6.45) is 2.11. The van der Waals surface area contributed by atoms with Gasteiger partial charge >= 0.3 is 0 Å². The van der Waals surface area contributed by atoms with E-state index in [1.165, 1.54) is 16.5 Å². The molecular weight excluding hydrogens is 316 g/mol. The molecule has 104 valence electrons. The smallest absolute Gasteiger partial charge is 0.0739 e. The minimum atomic E-state index is 0.565. The Hall–Kier alpha value is -1.59. The van der Waals surface area contributed by atoms with E-state index in [9.17, 15) is 0 Å². The molecule has 1 aromatic carbocycles. The first-order valence-electron chi connectivity index (χ1n) is 6.56. The number of nitrogens with two attached hydrogens (primary N) is 1. The standard InChI is InChI=1S/C15H17BrN4/c1-10-15(16)14(19(2)18-10)9-20-7-6-12-11(8-17)4-3-5-13(12)20/h3-7H,8-9,17H2,1-2H3. The predicted molar refractivity (Wildman–Crippen MR) is 84.6 cm³/mol. The summed E-state index contributed by atoms with van der Waals surface area (Å²) in [5.74, 6) is 0. The molecule has 2 heterocycles. The van der Waals surface area contributed by atoms with Gasteiger partial charge in [-0.25, -0.2) is 0 Å². The Morgan fingerprint density at radius 1 is 1.30 bits per heavy atom. The maximum Gasteiger partial charge on any atom is 0.0739 e. The zero-order chi connectivity index (χ0) is 14.3. The van der Waals surface area contributed by atoms with Crippen LogP contribution in [0, 0.1) is 6.92 Å². The number of rotatable bonds is 3. The largest absolute Gasteiger partial charge is 0.341 e. The number of benzene rings is 1. The van der Waals surface area contributed by atoms with Crippen LogP contribution in [0.1, 0.15) is 17.0 Å². The molecule has 0 saturated carbocycles. The highest BCUT2D eigenvalue weighted by molar-refractivity contribution is 9.10. The quantitative estimate of drug-likeness (QED) is 0.801. The molecule has 5 heteroatoms. The van der Waals surface area contributed by atoms with Crippen LogP contribution in [0.5, 0.6) is 0 Å². The minimum Gasteiger partial charge on any atom is -0.341 e. The normalized spacial score (nSPS) is 11.4. The summed E-state index contributed by atoms with van der Waals surface area (Å²) in [7, 11) is 1.98. The molecule has 0 unspecified atom stereocenters. The van der Waals surface area contributed by atoms with E-state index in [1.807, 2.05) is 18.7 Å². The highest BCUT2D eigenvalue weighted by Gasteiger charge is 2.12. The van der Waals surface area contributed by atoms with Gasteiger partial charge in [-0.3, -0.25) is 4.68 Å². The van der Waals surface area contributed by atoms with E-state index in [1.54, 1.807) is 0 Å². The average molecular weight is 333 g/mol. The van der Waals surface area contributed by atoms with Crippen molar-refractivity contribution < 1.29 is 0 Å². The third-order valence-corrected chi connectivity index (χ3v) is 4.74. The van der Waals surface area contributed by atoms with Crippen molar-refractivity contribution in [3.05, 3.63) is 51.9 Å². The molecule has 0 spiro atoms. The maximum atomic E-state index is 5.80. The molecule has 0 aliphatic rings. The molecule has 0 saturated heterocycles. The molecular formula is C15H17BrN4. The van der Waals surface area contributed by atoms with Crippen LogP contribution < -0.4 is 5.73 Å². The van der Waals surface area contributed by atoms with Gasteiger partial charge in [0.25, 0.3) is 0 Å². The highest BCUT2D eigenvalue weighted by Crippen LogP contribution is 2.25. The Balaban J connectivity index is 2.07. The number of aryl methyl sites for hydroxylation is 2. The van der Waals surface area contributed by atoms with Crippen molar-refractivity contribution >= 4 is 26.8 Å². The van der Waals surface area contributed by atoms with Gasteiger partial charge < -0.3 is 10.3 Å². The molecule has 0 radical (unpaired) electrons. The van der Waals surface area contributed by atoms with Crippen LogP contribution in [0.4, 0.5) is 0 Å². The van der Waals surface area contributed by atoms with Crippen LogP contribution in [0.15, 0.2) is 34.9 Å². The molecule has 4 nitrogen and oxygen atoms in total. The van der Waals surface area contributed by atoms with Crippen LogP contribution in [0.25, 0.3) is 10.9 Å². The molecule has 3 aromatic rings. The maximum absolute atomic E-state index is 5.80. The number of hydrogen-bond donors (Lipinski definition) is 1. The van der Waals surface area contributed by atoms with Gasteiger partial charge in [-0.15, -0.1) is 0 Å². The Morgan fingerprint density at radius 3 is 2.75 bits per heavy atom. The van der Waals surface area contributed by atoms with E-state index in [4.69, 9.17) is 5.73 Å². The third-order valence-electron chi connectivity index (χ3n) is 3.71. The predicted octanol–water partition coefficient (Wildman–Crippen LogP) is 2.95. The van der Waals surface area contributed by atoms with Gasteiger partial charge in [0.05, 0.1) is 22.4 Å². The number of fused-ring (bicyclic) bond motifs is 1.